The van der Waals surface area contributed by atoms with Crippen LogP contribution in [-0.2, 0) is 16.1 Å². The monoisotopic (exact) mass is 440 g/mol. The average Bonchev–Trinajstić information content (AvgIpc) is 3.33. The Labute approximate surface area is 183 Å². The largest absolute Gasteiger partial charge is 0.469 e. The standard InChI is InChI=1S/C23H21FN2O4S/c1-30-21(27)13-19(16-8-10-18(24)11-9-16)26-22(28)17-6-4-15(5-7-17)14-25-23(29)20-3-2-12-31-20/h2-12,19H,13-14H2,1H3,(H,25,29)(H,26,28). The Bertz CT molecular complexity index is 1030. The summed E-state index contributed by atoms with van der Waals surface area (Å²) in [5.74, 6) is -1.44. The molecule has 0 saturated carbocycles. The van der Waals surface area contributed by atoms with Gasteiger partial charge >= 0.3 is 5.97 Å². The van der Waals surface area contributed by atoms with Crippen LogP contribution >= 0.6 is 11.3 Å². The highest BCUT2D eigenvalue weighted by molar-refractivity contribution is 7.12. The molecule has 6 nitrogen and oxygen atoms in total. The first-order chi connectivity index (χ1) is 15.0. The van der Waals surface area contributed by atoms with Crippen LogP contribution < -0.4 is 10.6 Å². The molecule has 0 radical (unpaired) electrons. The first-order valence-corrected chi connectivity index (χ1v) is 10.4. The SMILES string of the molecule is COC(=O)CC(NC(=O)c1ccc(CNC(=O)c2cccs2)cc1)c1ccc(F)cc1. The number of ether oxygens (including phenoxy) is 1. The molecule has 0 fully saturated rings. The summed E-state index contributed by atoms with van der Waals surface area (Å²) < 4.78 is 17.9. The summed E-state index contributed by atoms with van der Waals surface area (Å²) in [4.78, 5) is 37.1. The van der Waals surface area contributed by atoms with Crippen molar-refractivity contribution in [3.63, 3.8) is 0 Å². The minimum Gasteiger partial charge on any atom is -0.469 e. The van der Waals surface area contributed by atoms with Crippen molar-refractivity contribution in [2.45, 2.75) is 19.0 Å². The molecule has 2 amide bonds. The number of thiophene rings is 1. The number of hydrogen-bond acceptors (Lipinski definition) is 5. The number of carbonyl (C=O) groups is 3. The molecule has 2 N–H and O–H groups in total. The van der Waals surface area contributed by atoms with Gasteiger partial charge in [-0.3, -0.25) is 14.4 Å². The quantitative estimate of drug-likeness (QED) is 0.521. The van der Waals surface area contributed by atoms with E-state index in [0.717, 1.165) is 5.56 Å². The zero-order valence-corrected chi connectivity index (χ0v) is 17.6. The third-order valence-electron chi connectivity index (χ3n) is 4.59. The zero-order chi connectivity index (χ0) is 22.2. The average molecular weight is 440 g/mol. The van der Waals surface area contributed by atoms with Crippen LogP contribution in [0.3, 0.4) is 0 Å². The van der Waals surface area contributed by atoms with Crippen molar-refractivity contribution >= 4 is 29.1 Å². The van der Waals surface area contributed by atoms with E-state index < -0.39 is 17.8 Å². The van der Waals surface area contributed by atoms with Gasteiger partial charge in [0.15, 0.2) is 0 Å². The van der Waals surface area contributed by atoms with E-state index in [9.17, 15) is 18.8 Å². The first kappa shape index (κ1) is 22.2. The summed E-state index contributed by atoms with van der Waals surface area (Å²) in [5, 5.41) is 7.45. The molecular formula is C23H21FN2O4S. The van der Waals surface area contributed by atoms with Crippen molar-refractivity contribution in [2.75, 3.05) is 7.11 Å². The molecule has 1 atom stereocenters. The Hall–Kier alpha value is -3.52. The van der Waals surface area contributed by atoms with Gasteiger partial charge in [-0.2, -0.15) is 0 Å². The van der Waals surface area contributed by atoms with Gasteiger partial charge in [-0.25, -0.2) is 4.39 Å². The molecular weight excluding hydrogens is 419 g/mol. The van der Waals surface area contributed by atoms with Crippen LogP contribution in [0.4, 0.5) is 4.39 Å². The molecule has 8 heteroatoms. The first-order valence-electron chi connectivity index (χ1n) is 9.50. The Morgan fingerprint density at radius 3 is 2.32 bits per heavy atom. The summed E-state index contributed by atoms with van der Waals surface area (Å²) in [6.07, 6.45) is -0.0826. The highest BCUT2D eigenvalue weighted by atomic mass is 32.1. The van der Waals surface area contributed by atoms with Gasteiger partial charge in [-0.1, -0.05) is 30.3 Å². The van der Waals surface area contributed by atoms with Crippen LogP contribution in [0, 0.1) is 5.82 Å². The molecule has 3 rings (SSSR count). The van der Waals surface area contributed by atoms with Gasteiger partial charge in [0.1, 0.15) is 5.82 Å². The molecule has 0 aliphatic carbocycles. The van der Waals surface area contributed by atoms with Crippen LogP contribution in [0.1, 0.15) is 43.6 Å². The van der Waals surface area contributed by atoms with E-state index in [1.807, 2.05) is 11.4 Å². The highest BCUT2D eigenvalue weighted by Gasteiger charge is 2.20. The van der Waals surface area contributed by atoms with Crippen molar-refractivity contribution in [2.24, 2.45) is 0 Å². The van der Waals surface area contributed by atoms with Gasteiger partial charge < -0.3 is 15.4 Å². The lowest BCUT2D eigenvalue weighted by atomic mass is 10.0. The number of methoxy groups -OCH3 is 1. The number of amides is 2. The number of carbonyl (C=O) groups excluding carboxylic acids is 3. The third-order valence-corrected chi connectivity index (χ3v) is 5.46. The molecule has 0 spiro atoms. The number of hydrogen-bond donors (Lipinski definition) is 2. The van der Waals surface area contributed by atoms with Gasteiger partial charge in [-0.05, 0) is 46.8 Å². The molecule has 1 unspecified atom stereocenters. The molecule has 31 heavy (non-hydrogen) atoms. The lowest BCUT2D eigenvalue weighted by Gasteiger charge is -2.18. The van der Waals surface area contributed by atoms with Crippen LogP contribution in [0.5, 0.6) is 0 Å². The smallest absolute Gasteiger partial charge is 0.307 e. The van der Waals surface area contributed by atoms with Gasteiger partial charge in [0.25, 0.3) is 11.8 Å². The van der Waals surface area contributed by atoms with E-state index in [4.69, 9.17) is 4.74 Å². The molecule has 1 heterocycles. The van der Waals surface area contributed by atoms with Gasteiger partial charge in [0.05, 0.1) is 24.4 Å². The molecule has 0 bridgehead atoms. The minimum absolute atomic E-state index is 0.0826. The Morgan fingerprint density at radius 2 is 1.71 bits per heavy atom. The second-order valence-electron chi connectivity index (χ2n) is 6.71. The topological polar surface area (TPSA) is 84.5 Å². The number of esters is 1. The van der Waals surface area contributed by atoms with Gasteiger partial charge in [0, 0.05) is 12.1 Å². The molecule has 0 aliphatic heterocycles. The molecule has 2 aromatic carbocycles. The zero-order valence-electron chi connectivity index (χ0n) is 16.8. The fraction of sp³-hybridized carbons (Fsp3) is 0.174. The van der Waals surface area contributed by atoms with Crippen LogP contribution in [0.2, 0.25) is 0 Å². The van der Waals surface area contributed by atoms with Crippen LogP contribution in [-0.4, -0.2) is 24.9 Å². The van der Waals surface area contributed by atoms with Crippen molar-refractivity contribution in [1.29, 1.82) is 0 Å². The second-order valence-corrected chi connectivity index (χ2v) is 7.66. The Kier molecular flexibility index (Phi) is 7.50. The van der Waals surface area contributed by atoms with Crippen molar-refractivity contribution in [3.05, 3.63) is 93.4 Å². The molecule has 1 aromatic heterocycles. The normalized spacial score (nSPS) is 11.4. The number of rotatable bonds is 8. The van der Waals surface area contributed by atoms with Crippen molar-refractivity contribution in [1.82, 2.24) is 10.6 Å². The lowest BCUT2D eigenvalue weighted by molar-refractivity contribution is -0.141. The maximum absolute atomic E-state index is 13.2. The highest BCUT2D eigenvalue weighted by Crippen LogP contribution is 2.19. The van der Waals surface area contributed by atoms with E-state index in [1.54, 1.807) is 30.3 Å². The van der Waals surface area contributed by atoms with Gasteiger partial charge in [-0.15, -0.1) is 11.3 Å². The van der Waals surface area contributed by atoms with E-state index in [1.165, 1.54) is 42.7 Å². The maximum atomic E-state index is 13.2. The second kappa shape index (κ2) is 10.5. The maximum Gasteiger partial charge on any atom is 0.307 e. The number of halogens is 1. The minimum atomic E-state index is -0.662. The molecule has 3 aromatic rings. The van der Waals surface area contributed by atoms with Crippen LogP contribution in [0.25, 0.3) is 0 Å². The predicted molar refractivity (Wildman–Crippen MR) is 115 cm³/mol. The lowest BCUT2D eigenvalue weighted by Crippen LogP contribution is -2.30. The van der Waals surface area contributed by atoms with E-state index >= 15 is 0 Å². The molecule has 160 valence electrons. The van der Waals surface area contributed by atoms with Crippen molar-refractivity contribution in [3.8, 4) is 0 Å². The van der Waals surface area contributed by atoms with E-state index in [2.05, 4.69) is 10.6 Å². The Morgan fingerprint density at radius 1 is 1.00 bits per heavy atom. The van der Waals surface area contributed by atoms with E-state index in [0.29, 0.717) is 22.5 Å². The predicted octanol–water partition coefficient (Wildman–Crippen LogP) is 3.85. The summed E-state index contributed by atoms with van der Waals surface area (Å²) >= 11 is 1.36. The summed E-state index contributed by atoms with van der Waals surface area (Å²) in [7, 11) is 1.27. The fourth-order valence-corrected chi connectivity index (χ4v) is 3.53. The van der Waals surface area contributed by atoms with Crippen molar-refractivity contribution < 1.29 is 23.5 Å². The summed E-state index contributed by atoms with van der Waals surface area (Å²) in [6.45, 7) is 0.333. The van der Waals surface area contributed by atoms with Gasteiger partial charge in [0.2, 0.25) is 0 Å². The Balaban J connectivity index is 1.63. The molecule has 0 saturated heterocycles. The van der Waals surface area contributed by atoms with Crippen LogP contribution in [0.15, 0.2) is 66.0 Å². The number of benzene rings is 2. The fourth-order valence-electron chi connectivity index (χ4n) is 2.89. The summed E-state index contributed by atoms with van der Waals surface area (Å²) in [6, 6.07) is 15.2. The number of nitrogens with one attached hydrogen (secondary N) is 2. The molecule has 0 aliphatic rings. The summed E-state index contributed by atoms with van der Waals surface area (Å²) in [5.41, 5.74) is 1.82. The van der Waals surface area contributed by atoms with E-state index in [-0.39, 0.29) is 18.2 Å². The third kappa shape index (κ3) is 6.23.